The molecule has 1 aromatic heterocycles. The van der Waals surface area contributed by atoms with Crippen molar-refractivity contribution in [2.24, 2.45) is 0 Å². The van der Waals surface area contributed by atoms with Crippen LogP contribution in [0.2, 0.25) is 0 Å². The van der Waals surface area contributed by atoms with E-state index in [4.69, 9.17) is 5.11 Å². The van der Waals surface area contributed by atoms with Crippen LogP contribution in [0.5, 0.6) is 0 Å². The standard InChI is InChI=1S/C18H16N2O3/c1-11-12(17(22)23)6-7-14(19-11)16(21)20-10-18(8-9-18)13-4-2-3-5-15(13)20/h2-7H,8-10H2,1H3,(H,22,23). The van der Waals surface area contributed by atoms with E-state index in [1.54, 1.807) is 11.8 Å². The molecule has 0 saturated heterocycles. The molecule has 2 aromatic rings. The van der Waals surface area contributed by atoms with Crippen LogP contribution in [0.25, 0.3) is 0 Å². The Labute approximate surface area is 133 Å². The first-order valence-corrected chi connectivity index (χ1v) is 7.64. The summed E-state index contributed by atoms with van der Waals surface area (Å²) in [5, 5.41) is 9.08. The number of hydrogen-bond donors (Lipinski definition) is 1. The number of aromatic nitrogens is 1. The number of carboxylic acid groups (broad SMARTS) is 1. The van der Waals surface area contributed by atoms with E-state index in [1.807, 2.05) is 18.2 Å². The topological polar surface area (TPSA) is 70.5 Å². The number of nitrogens with zero attached hydrogens (tertiary/aromatic N) is 2. The Balaban J connectivity index is 1.71. The lowest BCUT2D eigenvalue weighted by atomic mass is 9.99. The molecule has 1 amide bonds. The molecule has 1 aliphatic heterocycles. The Morgan fingerprint density at radius 2 is 1.91 bits per heavy atom. The molecule has 1 fully saturated rings. The molecule has 0 atom stereocenters. The highest BCUT2D eigenvalue weighted by molar-refractivity contribution is 6.07. The van der Waals surface area contributed by atoms with Crippen molar-refractivity contribution >= 4 is 17.6 Å². The summed E-state index contributed by atoms with van der Waals surface area (Å²) in [6, 6.07) is 11.0. The van der Waals surface area contributed by atoms with E-state index in [2.05, 4.69) is 11.1 Å². The zero-order chi connectivity index (χ0) is 16.2. The fourth-order valence-corrected chi connectivity index (χ4v) is 3.43. The monoisotopic (exact) mass is 308 g/mol. The van der Waals surface area contributed by atoms with Crippen molar-refractivity contribution in [3.05, 3.63) is 58.9 Å². The minimum atomic E-state index is -1.03. The van der Waals surface area contributed by atoms with Gasteiger partial charge in [0.15, 0.2) is 0 Å². The summed E-state index contributed by atoms with van der Waals surface area (Å²) >= 11 is 0. The first kappa shape index (κ1) is 13.9. The van der Waals surface area contributed by atoms with E-state index >= 15 is 0 Å². The summed E-state index contributed by atoms with van der Waals surface area (Å²) in [6.45, 7) is 2.30. The number of aromatic carboxylic acids is 1. The van der Waals surface area contributed by atoms with E-state index in [0.29, 0.717) is 17.9 Å². The molecule has 1 N–H and O–H groups in total. The lowest BCUT2D eigenvalue weighted by Crippen LogP contribution is -2.32. The molecule has 2 aliphatic rings. The van der Waals surface area contributed by atoms with E-state index in [1.165, 1.54) is 17.7 Å². The van der Waals surface area contributed by atoms with Crippen molar-refractivity contribution in [3.63, 3.8) is 0 Å². The first-order chi connectivity index (χ1) is 11.0. The SMILES string of the molecule is Cc1nc(C(=O)N2CC3(CC3)c3ccccc32)ccc1C(=O)O. The number of carbonyl (C=O) groups excluding carboxylic acids is 1. The number of amides is 1. The van der Waals surface area contributed by atoms with Gasteiger partial charge in [-0.2, -0.15) is 0 Å². The molecular weight excluding hydrogens is 292 g/mol. The Morgan fingerprint density at radius 1 is 1.17 bits per heavy atom. The second-order valence-electron chi connectivity index (χ2n) is 6.32. The van der Waals surface area contributed by atoms with Gasteiger partial charge in [0.1, 0.15) is 5.69 Å². The van der Waals surface area contributed by atoms with Gasteiger partial charge in [-0.3, -0.25) is 4.79 Å². The van der Waals surface area contributed by atoms with Crippen molar-refractivity contribution in [2.45, 2.75) is 25.2 Å². The predicted molar refractivity (Wildman–Crippen MR) is 85.0 cm³/mol. The molecule has 4 rings (SSSR count). The van der Waals surface area contributed by atoms with Crippen LogP contribution in [0.3, 0.4) is 0 Å². The number of rotatable bonds is 2. The number of carbonyl (C=O) groups is 2. The van der Waals surface area contributed by atoms with Crippen molar-refractivity contribution in [3.8, 4) is 0 Å². The van der Waals surface area contributed by atoms with Gasteiger partial charge in [-0.25, -0.2) is 9.78 Å². The summed E-state index contributed by atoms with van der Waals surface area (Å²) in [6.07, 6.45) is 2.22. The van der Waals surface area contributed by atoms with E-state index < -0.39 is 5.97 Å². The average Bonchev–Trinajstić information content (AvgIpc) is 3.24. The summed E-state index contributed by atoms with van der Waals surface area (Å²) in [5.41, 5.74) is 3.10. The number of para-hydroxylation sites is 1. The minimum absolute atomic E-state index is 0.127. The van der Waals surface area contributed by atoms with Gasteiger partial charge in [-0.15, -0.1) is 0 Å². The maximum absolute atomic E-state index is 12.9. The molecule has 1 aliphatic carbocycles. The number of carboxylic acids is 1. The van der Waals surface area contributed by atoms with Crippen LogP contribution in [0, 0.1) is 6.92 Å². The van der Waals surface area contributed by atoms with E-state index in [0.717, 1.165) is 18.5 Å². The molecule has 0 radical (unpaired) electrons. The maximum Gasteiger partial charge on any atom is 0.337 e. The first-order valence-electron chi connectivity index (χ1n) is 7.64. The number of fused-ring (bicyclic) bond motifs is 2. The van der Waals surface area contributed by atoms with Crippen LogP contribution in [-0.4, -0.2) is 28.5 Å². The highest BCUT2D eigenvalue weighted by Crippen LogP contribution is 2.56. The third-order valence-electron chi connectivity index (χ3n) is 4.86. The van der Waals surface area contributed by atoms with Crippen LogP contribution >= 0.6 is 0 Å². The fourth-order valence-electron chi connectivity index (χ4n) is 3.43. The Bertz CT molecular complexity index is 840. The highest BCUT2D eigenvalue weighted by Gasteiger charge is 2.52. The normalized spacial score (nSPS) is 17.2. The Morgan fingerprint density at radius 3 is 2.57 bits per heavy atom. The molecule has 1 spiro atoms. The van der Waals surface area contributed by atoms with E-state index in [-0.39, 0.29) is 16.9 Å². The van der Waals surface area contributed by atoms with Gasteiger partial charge in [-0.05, 0) is 43.5 Å². The minimum Gasteiger partial charge on any atom is -0.478 e. The van der Waals surface area contributed by atoms with Crippen LogP contribution in [-0.2, 0) is 5.41 Å². The van der Waals surface area contributed by atoms with Crippen LogP contribution in [0.4, 0.5) is 5.69 Å². The molecule has 116 valence electrons. The zero-order valence-electron chi connectivity index (χ0n) is 12.7. The van der Waals surface area contributed by atoms with Gasteiger partial charge in [0.2, 0.25) is 0 Å². The number of pyridine rings is 1. The Kier molecular flexibility index (Phi) is 2.82. The van der Waals surface area contributed by atoms with Gasteiger partial charge in [0.05, 0.1) is 11.3 Å². The summed E-state index contributed by atoms with van der Waals surface area (Å²) in [7, 11) is 0. The largest absolute Gasteiger partial charge is 0.478 e. The number of aryl methyl sites for hydroxylation is 1. The van der Waals surface area contributed by atoms with Gasteiger partial charge in [0.25, 0.3) is 5.91 Å². The quantitative estimate of drug-likeness (QED) is 0.926. The fraction of sp³-hybridized carbons (Fsp3) is 0.278. The maximum atomic E-state index is 12.9. The lowest BCUT2D eigenvalue weighted by Gasteiger charge is -2.17. The molecule has 23 heavy (non-hydrogen) atoms. The van der Waals surface area contributed by atoms with Crippen LogP contribution < -0.4 is 4.90 Å². The second kappa shape index (κ2) is 4.65. The van der Waals surface area contributed by atoms with Crippen LogP contribution in [0.1, 0.15) is 44.9 Å². The molecule has 1 saturated carbocycles. The van der Waals surface area contributed by atoms with Crippen LogP contribution in [0.15, 0.2) is 36.4 Å². The highest BCUT2D eigenvalue weighted by atomic mass is 16.4. The number of benzene rings is 1. The van der Waals surface area contributed by atoms with Gasteiger partial charge < -0.3 is 10.0 Å². The predicted octanol–water partition coefficient (Wildman–Crippen LogP) is 2.78. The summed E-state index contributed by atoms with van der Waals surface area (Å²) in [4.78, 5) is 29.9. The molecule has 2 heterocycles. The lowest BCUT2D eigenvalue weighted by molar-refractivity contribution is 0.0695. The van der Waals surface area contributed by atoms with Crippen molar-refractivity contribution in [1.29, 1.82) is 0 Å². The van der Waals surface area contributed by atoms with Gasteiger partial charge in [-0.1, -0.05) is 18.2 Å². The molecule has 5 heteroatoms. The smallest absolute Gasteiger partial charge is 0.337 e. The van der Waals surface area contributed by atoms with Crippen molar-refractivity contribution in [1.82, 2.24) is 4.98 Å². The van der Waals surface area contributed by atoms with Gasteiger partial charge >= 0.3 is 5.97 Å². The zero-order valence-corrected chi connectivity index (χ0v) is 12.7. The summed E-state index contributed by atoms with van der Waals surface area (Å²) < 4.78 is 0. The molecule has 0 unspecified atom stereocenters. The van der Waals surface area contributed by atoms with Crippen molar-refractivity contribution in [2.75, 3.05) is 11.4 Å². The summed E-state index contributed by atoms with van der Waals surface area (Å²) in [5.74, 6) is -1.20. The van der Waals surface area contributed by atoms with Gasteiger partial charge in [0, 0.05) is 17.6 Å². The molecule has 1 aromatic carbocycles. The molecule has 0 bridgehead atoms. The molecule has 5 nitrogen and oxygen atoms in total. The van der Waals surface area contributed by atoms with Crippen molar-refractivity contribution < 1.29 is 14.7 Å². The van der Waals surface area contributed by atoms with E-state index in [9.17, 15) is 9.59 Å². The third kappa shape index (κ3) is 2.04. The molecular formula is C18H16N2O3. The number of anilines is 1. The average molecular weight is 308 g/mol. The second-order valence-corrected chi connectivity index (χ2v) is 6.32. The Hall–Kier alpha value is -2.69. The number of hydrogen-bond acceptors (Lipinski definition) is 3. The third-order valence-corrected chi connectivity index (χ3v) is 4.86.